The van der Waals surface area contributed by atoms with Gasteiger partial charge in [0, 0.05) is 43.7 Å². The van der Waals surface area contributed by atoms with Crippen LogP contribution in [0.25, 0.3) is 10.2 Å². The number of ether oxygens (including phenoxy) is 2. The Kier molecular flexibility index (Phi) is 6.94. The maximum Gasteiger partial charge on any atom is 0.252 e. The van der Waals surface area contributed by atoms with E-state index in [1.54, 1.807) is 25.6 Å². The minimum atomic E-state index is -0.0523. The molecule has 1 aliphatic heterocycles. The first kappa shape index (κ1) is 21.9. The van der Waals surface area contributed by atoms with E-state index in [-0.39, 0.29) is 5.91 Å². The first-order valence-electron chi connectivity index (χ1n) is 10.1. The third-order valence-electron chi connectivity index (χ3n) is 5.37. The lowest BCUT2D eigenvalue weighted by Gasteiger charge is -2.34. The first-order chi connectivity index (χ1) is 15.1. The molecule has 0 atom stereocenters. The number of fused-ring (bicyclic) bond motifs is 1. The summed E-state index contributed by atoms with van der Waals surface area (Å²) in [5, 5.41) is 4.00. The summed E-state index contributed by atoms with van der Waals surface area (Å²) in [6.07, 6.45) is 0. The second kappa shape index (κ2) is 9.84. The number of anilines is 1. The van der Waals surface area contributed by atoms with Crippen LogP contribution in [0, 0.1) is 0 Å². The zero-order valence-electron chi connectivity index (χ0n) is 17.6. The van der Waals surface area contributed by atoms with Crippen molar-refractivity contribution in [1.29, 1.82) is 0 Å². The molecule has 1 amide bonds. The molecule has 0 spiro atoms. The van der Waals surface area contributed by atoms with E-state index < -0.39 is 0 Å². The molecule has 0 aliphatic carbocycles. The number of methoxy groups -OCH3 is 2. The third kappa shape index (κ3) is 4.78. The first-order valence-corrected chi connectivity index (χ1v) is 11.7. The molecule has 9 heteroatoms. The van der Waals surface area contributed by atoms with Gasteiger partial charge in [0.25, 0.3) is 5.91 Å². The Bertz CT molecular complexity index is 1030. The van der Waals surface area contributed by atoms with Gasteiger partial charge in [0.2, 0.25) is 0 Å². The molecule has 0 saturated carbocycles. The van der Waals surface area contributed by atoms with Crippen molar-refractivity contribution in [2.75, 3.05) is 58.4 Å². The van der Waals surface area contributed by atoms with Gasteiger partial charge in [-0.05, 0) is 40.2 Å². The van der Waals surface area contributed by atoms with Gasteiger partial charge in [-0.2, -0.15) is 0 Å². The van der Waals surface area contributed by atoms with Gasteiger partial charge in [-0.1, -0.05) is 23.5 Å². The van der Waals surface area contributed by atoms with Crippen molar-refractivity contribution in [3.05, 3.63) is 46.4 Å². The standard InChI is InChI=1S/C22H25BrN4O3S/c1-29-17-7-8-18(30-2)20-19(17)25-22(31-20)27-13-11-26(12-14-27)10-9-24-21(28)15-5-3-4-6-16(15)23/h3-8H,9-14H2,1-2H3,(H,24,28). The van der Waals surface area contributed by atoms with Gasteiger partial charge >= 0.3 is 0 Å². The Labute approximate surface area is 194 Å². The Hall–Kier alpha value is -2.36. The highest BCUT2D eigenvalue weighted by atomic mass is 79.9. The monoisotopic (exact) mass is 504 g/mol. The summed E-state index contributed by atoms with van der Waals surface area (Å²) in [5.41, 5.74) is 1.51. The highest BCUT2D eigenvalue weighted by Gasteiger charge is 2.22. The second-order valence-electron chi connectivity index (χ2n) is 7.21. The fraction of sp³-hybridized carbons (Fsp3) is 0.364. The summed E-state index contributed by atoms with van der Waals surface area (Å²) in [6, 6.07) is 11.3. The summed E-state index contributed by atoms with van der Waals surface area (Å²) in [7, 11) is 3.34. The molecule has 2 aromatic carbocycles. The molecule has 1 saturated heterocycles. The molecule has 4 rings (SSSR count). The van der Waals surface area contributed by atoms with Crippen LogP contribution in [0.1, 0.15) is 10.4 Å². The molecule has 1 fully saturated rings. The number of aromatic nitrogens is 1. The van der Waals surface area contributed by atoms with Crippen molar-refractivity contribution in [3.63, 3.8) is 0 Å². The van der Waals surface area contributed by atoms with E-state index in [9.17, 15) is 4.79 Å². The largest absolute Gasteiger partial charge is 0.495 e. The Morgan fingerprint density at radius 1 is 1.10 bits per heavy atom. The number of nitrogens with zero attached hydrogens (tertiary/aromatic N) is 3. The Morgan fingerprint density at radius 3 is 2.52 bits per heavy atom. The lowest BCUT2D eigenvalue weighted by atomic mass is 10.2. The predicted octanol–water partition coefficient (Wildman–Crippen LogP) is 3.63. The summed E-state index contributed by atoms with van der Waals surface area (Å²) in [6.45, 7) is 5.08. The molecule has 0 radical (unpaired) electrons. The van der Waals surface area contributed by atoms with Crippen molar-refractivity contribution in [3.8, 4) is 11.5 Å². The summed E-state index contributed by atoms with van der Waals surface area (Å²) < 4.78 is 12.8. The Balaban J connectivity index is 1.32. The maximum absolute atomic E-state index is 12.3. The molecule has 0 bridgehead atoms. The highest BCUT2D eigenvalue weighted by Crippen LogP contribution is 2.40. The molecular weight excluding hydrogens is 480 g/mol. The van der Waals surface area contributed by atoms with Crippen LogP contribution >= 0.6 is 27.3 Å². The molecule has 1 aromatic heterocycles. The fourth-order valence-electron chi connectivity index (χ4n) is 3.64. The molecule has 0 unspecified atom stereocenters. The summed E-state index contributed by atoms with van der Waals surface area (Å²) in [4.78, 5) is 21.8. The van der Waals surface area contributed by atoms with Crippen molar-refractivity contribution >= 4 is 48.5 Å². The molecule has 2 heterocycles. The van der Waals surface area contributed by atoms with Crippen molar-refractivity contribution in [1.82, 2.24) is 15.2 Å². The average Bonchev–Trinajstić information content (AvgIpc) is 3.24. The molecule has 3 aromatic rings. The van der Waals surface area contributed by atoms with Crippen LogP contribution in [0.5, 0.6) is 11.5 Å². The number of piperazine rings is 1. The van der Waals surface area contributed by atoms with Crippen LogP contribution in [-0.2, 0) is 0 Å². The number of hydrogen-bond donors (Lipinski definition) is 1. The van der Waals surface area contributed by atoms with E-state index in [2.05, 4.69) is 31.0 Å². The van der Waals surface area contributed by atoms with E-state index in [0.29, 0.717) is 12.1 Å². The van der Waals surface area contributed by atoms with Crippen LogP contribution in [0.15, 0.2) is 40.9 Å². The van der Waals surface area contributed by atoms with E-state index in [4.69, 9.17) is 14.5 Å². The van der Waals surface area contributed by atoms with Crippen LogP contribution in [-0.4, -0.2) is 69.3 Å². The molecule has 1 N–H and O–H groups in total. The molecular formula is C22H25BrN4O3S. The topological polar surface area (TPSA) is 66.9 Å². The molecule has 31 heavy (non-hydrogen) atoms. The van der Waals surface area contributed by atoms with E-state index in [1.165, 1.54) is 0 Å². The van der Waals surface area contributed by atoms with Gasteiger partial charge < -0.3 is 19.7 Å². The number of amides is 1. The zero-order valence-corrected chi connectivity index (χ0v) is 20.0. The smallest absolute Gasteiger partial charge is 0.252 e. The number of thiazole rings is 1. The van der Waals surface area contributed by atoms with Crippen LogP contribution in [0.3, 0.4) is 0 Å². The number of rotatable bonds is 7. The predicted molar refractivity (Wildman–Crippen MR) is 128 cm³/mol. The Morgan fingerprint density at radius 2 is 1.81 bits per heavy atom. The van der Waals surface area contributed by atoms with Crippen LogP contribution in [0.4, 0.5) is 5.13 Å². The van der Waals surface area contributed by atoms with Gasteiger partial charge in [-0.15, -0.1) is 0 Å². The van der Waals surface area contributed by atoms with Gasteiger partial charge in [0.05, 0.1) is 19.8 Å². The van der Waals surface area contributed by atoms with Gasteiger partial charge in [0.15, 0.2) is 5.13 Å². The number of carbonyl (C=O) groups excluding carboxylic acids is 1. The molecule has 164 valence electrons. The summed E-state index contributed by atoms with van der Waals surface area (Å²) >= 11 is 5.06. The fourth-order valence-corrected chi connectivity index (χ4v) is 5.23. The number of benzene rings is 2. The van der Waals surface area contributed by atoms with E-state index >= 15 is 0 Å². The number of halogens is 1. The minimum Gasteiger partial charge on any atom is -0.495 e. The van der Waals surface area contributed by atoms with Gasteiger partial charge in [0.1, 0.15) is 21.7 Å². The van der Waals surface area contributed by atoms with E-state index in [0.717, 1.165) is 64.0 Å². The normalized spacial score (nSPS) is 14.6. The van der Waals surface area contributed by atoms with Gasteiger partial charge in [-0.25, -0.2) is 4.98 Å². The number of nitrogens with one attached hydrogen (secondary N) is 1. The lowest BCUT2D eigenvalue weighted by Crippen LogP contribution is -2.48. The van der Waals surface area contributed by atoms with Crippen LogP contribution in [0.2, 0.25) is 0 Å². The lowest BCUT2D eigenvalue weighted by molar-refractivity contribution is 0.0947. The SMILES string of the molecule is COc1ccc(OC)c2sc(N3CCN(CCNC(=O)c4ccccc4Br)CC3)nc12. The quantitative estimate of drug-likeness (QED) is 0.529. The average molecular weight is 505 g/mol. The third-order valence-corrected chi connectivity index (χ3v) is 7.20. The van der Waals surface area contributed by atoms with Crippen molar-refractivity contribution < 1.29 is 14.3 Å². The number of carbonyl (C=O) groups is 1. The maximum atomic E-state index is 12.3. The summed E-state index contributed by atoms with van der Waals surface area (Å²) in [5.74, 6) is 1.53. The molecule has 7 nitrogen and oxygen atoms in total. The zero-order chi connectivity index (χ0) is 21.8. The highest BCUT2D eigenvalue weighted by molar-refractivity contribution is 9.10. The molecule has 1 aliphatic rings. The van der Waals surface area contributed by atoms with Gasteiger partial charge in [-0.3, -0.25) is 9.69 Å². The minimum absolute atomic E-state index is 0.0523. The second-order valence-corrected chi connectivity index (χ2v) is 9.04. The van der Waals surface area contributed by atoms with Crippen LogP contribution < -0.4 is 19.7 Å². The van der Waals surface area contributed by atoms with E-state index in [1.807, 2.05) is 36.4 Å². The van der Waals surface area contributed by atoms with Crippen molar-refractivity contribution in [2.45, 2.75) is 0 Å². The van der Waals surface area contributed by atoms with Crippen molar-refractivity contribution in [2.24, 2.45) is 0 Å². The number of hydrogen-bond acceptors (Lipinski definition) is 7.